The smallest absolute Gasteiger partial charge is 0.179 e. The lowest BCUT2D eigenvalue weighted by Gasteiger charge is -2.10. The van der Waals surface area contributed by atoms with Crippen LogP contribution in [0.15, 0.2) is 12.5 Å². The summed E-state index contributed by atoms with van der Waals surface area (Å²) in [4.78, 5) is 0. The Bertz CT molecular complexity index is 115. The molecule has 0 atom stereocenters. The molecular weight excluding hydrogens is 154 g/mol. The molecule has 0 aromatic heterocycles. The van der Waals surface area contributed by atoms with Gasteiger partial charge in [0.2, 0.25) is 0 Å². The molecular formula is C9H19NO2. The van der Waals surface area contributed by atoms with E-state index >= 15 is 0 Å². The largest absolute Gasteiger partial charge is 0.477 e. The van der Waals surface area contributed by atoms with E-state index in [-0.39, 0.29) is 0 Å². The van der Waals surface area contributed by atoms with Crippen LogP contribution in [0, 0.1) is 0 Å². The molecule has 0 aliphatic heterocycles. The van der Waals surface area contributed by atoms with Gasteiger partial charge in [0.25, 0.3) is 0 Å². The van der Waals surface area contributed by atoms with Gasteiger partial charge in [-0.15, -0.1) is 0 Å². The van der Waals surface area contributed by atoms with Crippen molar-refractivity contribution in [3.8, 4) is 0 Å². The summed E-state index contributed by atoms with van der Waals surface area (Å²) in [5.74, 6) is 0.636. The zero-order chi connectivity index (χ0) is 9.23. The molecule has 0 radical (unpaired) electrons. The Balaban J connectivity index is 3.08. The molecule has 0 heterocycles. The van der Waals surface area contributed by atoms with Gasteiger partial charge < -0.3 is 14.8 Å². The molecule has 1 N–H and O–H groups in total. The second kappa shape index (κ2) is 8.40. The SMILES string of the molecule is C=C(NCCC)OCCOCC. The molecule has 3 nitrogen and oxygen atoms in total. The van der Waals surface area contributed by atoms with Gasteiger partial charge in [0.15, 0.2) is 5.88 Å². The minimum atomic E-state index is 0.573. The molecule has 72 valence electrons. The van der Waals surface area contributed by atoms with E-state index < -0.39 is 0 Å². The third-order valence-corrected chi connectivity index (χ3v) is 1.28. The van der Waals surface area contributed by atoms with E-state index in [9.17, 15) is 0 Å². The predicted molar refractivity (Wildman–Crippen MR) is 49.9 cm³/mol. The number of hydrogen-bond donors (Lipinski definition) is 1. The first-order chi connectivity index (χ1) is 5.81. The van der Waals surface area contributed by atoms with Crippen LogP contribution in [0.1, 0.15) is 20.3 Å². The second-order valence-electron chi connectivity index (χ2n) is 2.40. The first-order valence-corrected chi connectivity index (χ1v) is 4.44. The molecule has 0 aliphatic rings. The Morgan fingerprint density at radius 2 is 2.08 bits per heavy atom. The third-order valence-electron chi connectivity index (χ3n) is 1.28. The maximum atomic E-state index is 5.22. The van der Waals surface area contributed by atoms with Crippen LogP contribution in [0.3, 0.4) is 0 Å². The normalized spacial score (nSPS) is 9.50. The molecule has 0 amide bonds. The molecule has 0 saturated heterocycles. The van der Waals surface area contributed by atoms with Crippen molar-refractivity contribution < 1.29 is 9.47 Å². The topological polar surface area (TPSA) is 30.5 Å². The van der Waals surface area contributed by atoms with Gasteiger partial charge in [0.1, 0.15) is 6.61 Å². The lowest BCUT2D eigenvalue weighted by Crippen LogP contribution is -2.17. The summed E-state index contributed by atoms with van der Waals surface area (Å²) in [7, 11) is 0. The van der Waals surface area contributed by atoms with E-state index in [0.29, 0.717) is 19.1 Å². The van der Waals surface area contributed by atoms with Crippen LogP contribution < -0.4 is 5.32 Å². The van der Waals surface area contributed by atoms with Gasteiger partial charge >= 0.3 is 0 Å². The van der Waals surface area contributed by atoms with E-state index in [4.69, 9.17) is 9.47 Å². The van der Waals surface area contributed by atoms with Crippen molar-refractivity contribution in [2.75, 3.05) is 26.4 Å². The van der Waals surface area contributed by atoms with Crippen LogP contribution in [0.5, 0.6) is 0 Å². The molecule has 0 saturated carbocycles. The Morgan fingerprint density at radius 1 is 1.33 bits per heavy atom. The fourth-order valence-corrected chi connectivity index (χ4v) is 0.684. The second-order valence-corrected chi connectivity index (χ2v) is 2.40. The number of ether oxygens (including phenoxy) is 2. The maximum absolute atomic E-state index is 5.22. The summed E-state index contributed by atoms with van der Waals surface area (Å²) in [6, 6.07) is 0. The van der Waals surface area contributed by atoms with E-state index in [1.807, 2.05) is 6.92 Å². The highest BCUT2D eigenvalue weighted by molar-refractivity contribution is 4.77. The fourth-order valence-electron chi connectivity index (χ4n) is 0.684. The number of hydrogen-bond acceptors (Lipinski definition) is 3. The third kappa shape index (κ3) is 7.41. The molecule has 0 fully saturated rings. The summed E-state index contributed by atoms with van der Waals surface area (Å²) in [6.07, 6.45) is 1.08. The Hall–Kier alpha value is -0.700. The Kier molecular flexibility index (Phi) is 7.91. The molecule has 3 heteroatoms. The highest BCUT2D eigenvalue weighted by atomic mass is 16.5. The van der Waals surface area contributed by atoms with Gasteiger partial charge in [0.05, 0.1) is 6.61 Å². The van der Waals surface area contributed by atoms with E-state index in [1.54, 1.807) is 0 Å². The fraction of sp³-hybridized carbons (Fsp3) is 0.778. The van der Waals surface area contributed by atoms with Crippen molar-refractivity contribution >= 4 is 0 Å². The maximum Gasteiger partial charge on any atom is 0.179 e. The average Bonchev–Trinajstić information content (AvgIpc) is 2.09. The quantitative estimate of drug-likeness (QED) is 0.446. The zero-order valence-electron chi connectivity index (χ0n) is 8.06. The van der Waals surface area contributed by atoms with E-state index in [2.05, 4.69) is 18.8 Å². The molecule has 0 aliphatic carbocycles. The van der Waals surface area contributed by atoms with Gasteiger partial charge in [-0.25, -0.2) is 0 Å². The van der Waals surface area contributed by atoms with Crippen LogP contribution in [-0.2, 0) is 9.47 Å². The summed E-state index contributed by atoms with van der Waals surface area (Å²) in [5, 5.41) is 3.04. The molecule has 0 aromatic carbocycles. The van der Waals surface area contributed by atoms with Crippen molar-refractivity contribution in [3.05, 3.63) is 12.5 Å². The van der Waals surface area contributed by atoms with Crippen molar-refractivity contribution in [3.63, 3.8) is 0 Å². The molecule has 0 aromatic rings. The van der Waals surface area contributed by atoms with Crippen molar-refractivity contribution in [1.29, 1.82) is 0 Å². The van der Waals surface area contributed by atoms with Crippen LogP contribution in [0.2, 0.25) is 0 Å². The summed E-state index contributed by atoms with van der Waals surface area (Å²) in [6.45, 7) is 10.6. The van der Waals surface area contributed by atoms with E-state index in [0.717, 1.165) is 19.6 Å². The van der Waals surface area contributed by atoms with Crippen molar-refractivity contribution in [2.24, 2.45) is 0 Å². The summed E-state index contributed by atoms with van der Waals surface area (Å²) >= 11 is 0. The zero-order valence-corrected chi connectivity index (χ0v) is 8.06. The number of rotatable bonds is 8. The van der Waals surface area contributed by atoms with Crippen LogP contribution in [-0.4, -0.2) is 26.4 Å². The van der Waals surface area contributed by atoms with Crippen molar-refractivity contribution in [1.82, 2.24) is 5.32 Å². The van der Waals surface area contributed by atoms with Crippen molar-refractivity contribution in [2.45, 2.75) is 20.3 Å². The van der Waals surface area contributed by atoms with Gasteiger partial charge in [-0.3, -0.25) is 0 Å². The molecule has 12 heavy (non-hydrogen) atoms. The Labute approximate surface area is 74.7 Å². The lowest BCUT2D eigenvalue weighted by molar-refractivity contribution is 0.0778. The van der Waals surface area contributed by atoms with Crippen LogP contribution >= 0.6 is 0 Å². The highest BCUT2D eigenvalue weighted by Gasteiger charge is 1.91. The Morgan fingerprint density at radius 3 is 2.67 bits per heavy atom. The molecule has 0 bridgehead atoms. The molecule has 0 rings (SSSR count). The predicted octanol–water partition coefficient (Wildman–Crippen LogP) is 1.51. The molecule has 0 unspecified atom stereocenters. The van der Waals surface area contributed by atoms with Crippen LogP contribution in [0.25, 0.3) is 0 Å². The van der Waals surface area contributed by atoms with E-state index in [1.165, 1.54) is 0 Å². The minimum Gasteiger partial charge on any atom is -0.477 e. The summed E-state index contributed by atoms with van der Waals surface area (Å²) in [5.41, 5.74) is 0. The molecule has 0 spiro atoms. The minimum absolute atomic E-state index is 0.573. The average molecular weight is 173 g/mol. The highest BCUT2D eigenvalue weighted by Crippen LogP contribution is 1.88. The van der Waals surface area contributed by atoms with Gasteiger partial charge in [-0.1, -0.05) is 6.92 Å². The van der Waals surface area contributed by atoms with Gasteiger partial charge in [0, 0.05) is 13.2 Å². The summed E-state index contributed by atoms with van der Waals surface area (Å²) < 4.78 is 10.3. The van der Waals surface area contributed by atoms with Gasteiger partial charge in [-0.05, 0) is 19.9 Å². The standard InChI is InChI=1S/C9H19NO2/c1-4-6-10-9(3)12-8-7-11-5-2/h10H,3-8H2,1-2H3. The first kappa shape index (κ1) is 11.3. The first-order valence-electron chi connectivity index (χ1n) is 4.44. The van der Waals surface area contributed by atoms with Crippen LogP contribution in [0.4, 0.5) is 0 Å². The monoisotopic (exact) mass is 173 g/mol. The number of nitrogens with one attached hydrogen (secondary N) is 1. The van der Waals surface area contributed by atoms with Gasteiger partial charge in [-0.2, -0.15) is 0 Å². The lowest BCUT2D eigenvalue weighted by atomic mass is 10.5.